The van der Waals surface area contributed by atoms with Gasteiger partial charge in [0.2, 0.25) is 0 Å². The first-order valence-corrected chi connectivity index (χ1v) is 10.9. The van der Waals surface area contributed by atoms with E-state index in [0.717, 1.165) is 5.57 Å². The highest BCUT2D eigenvalue weighted by Gasteiger charge is 2.59. The Balaban J connectivity index is 2.05. The average molecular weight is 445 g/mol. The van der Waals surface area contributed by atoms with Gasteiger partial charge in [-0.1, -0.05) is 17.7 Å². The second kappa shape index (κ2) is 8.70. The Morgan fingerprint density at radius 3 is 2.25 bits per heavy atom. The molecule has 0 bridgehead atoms. The summed E-state index contributed by atoms with van der Waals surface area (Å²) in [6.45, 7) is 12.0. The van der Waals surface area contributed by atoms with Crippen molar-refractivity contribution in [3.8, 4) is 0 Å². The molecular formula is C25H32O7. The molecule has 3 rings (SSSR count). The molecule has 7 heteroatoms. The molecule has 2 aliphatic carbocycles. The maximum Gasteiger partial charge on any atom is 0.334 e. The van der Waals surface area contributed by atoms with Gasteiger partial charge in [-0.05, 0) is 54.5 Å². The summed E-state index contributed by atoms with van der Waals surface area (Å²) >= 11 is 0. The van der Waals surface area contributed by atoms with Gasteiger partial charge in [-0.25, -0.2) is 14.4 Å². The zero-order valence-corrected chi connectivity index (χ0v) is 19.7. The van der Waals surface area contributed by atoms with Crippen LogP contribution in [0.25, 0.3) is 0 Å². The lowest BCUT2D eigenvalue weighted by Crippen LogP contribution is -2.46. The topological polar surface area (TPSA) is 99.1 Å². The van der Waals surface area contributed by atoms with Crippen molar-refractivity contribution in [1.29, 1.82) is 0 Å². The van der Waals surface area contributed by atoms with Crippen molar-refractivity contribution < 1.29 is 33.7 Å². The largest absolute Gasteiger partial charge is 0.454 e. The Hall–Kier alpha value is -2.67. The summed E-state index contributed by atoms with van der Waals surface area (Å²) in [6.07, 6.45) is 2.94. The zero-order chi connectivity index (χ0) is 24.0. The molecule has 0 amide bonds. The molecule has 0 spiro atoms. The first-order valence-electron chi connectivity index (χ1n) is 10.9. The lowest BCUT2D eigenvalue weighted by Gasteiger charge is -2.37. The van der Waals surface area contributed by atoms with Gasteiger partial charge in [0.15, 0.2) is 0 Å². The van der Waals surface area contributed by atoms with Crippen LogP contribution in [0.5, 0.6) is 0 Å². The van der Waals surface area contributed by atoms with Gasteiger partial charge in [0, 0.05) is 40.5 Å². The van der Waals surface area contributed by atoms with Crippen molar-refractivity contribution >= 4 is 17.9 Å². The van der Waals surface area contributed by atoms with E-state index in [1.165, 1.54) is 0 Å². The van der Waals surface area contributed by atoms with Crippen LogP contribution in [0.2, 0.25) is 0 Å². The number of esters is 3. The van der Waals surface area contributed by atoms with Crippen LogP contribution < -0.4 is 0 Å². The summed E-state index contributed by atoms with van der Waals surface area (Å²) in [5, 5.41) is 11.6. The van der Waals surface area contributed by atoms with E-state index in [9.17, 15) is 19.5 Å². The molecule has 1 saturated carbocycles. The SMILES string of the molecule is CC=C(C)C(=O)OC1CC(C)(O)C2C(OC(=O)C(C)=CC)C=C(C)C2C2OC(=O)C(C)=C12. The number of aliphatic hydroxyl groups is 1. The number of rotatable bonds is 4. The molecule has 3 aliphatic rings. The minimum absolute atomic E-state index is 0.0501. The molecule has 174 valence electrons. The molecule has 1 aliphatic heterocycles. The quantitative estimate of drug-likeness (QED) is 0.307. The Labute approximate surface area is 188 Å². The average Bonchev–Trinajstić information content (AvgIpc) is 3.18. The van der Waals surface area contributed by atoms with Gasteiger partial charge in [-0.15, -0.1) is 0 Å². The second-order valence-corrected chi connectivity index (χ2v) is 9.14. The zero-order valence-electron chi connectivity index (χ0n) is 19.7. The normalized spacial score (nSPS) is 34.9. The number of carbonyl (C=O) groups excluding carboxylic acids is 3. The van der Waals surface area contributed by atoms with Gasteiger partial charge in [-0.2, -0.15) is 0 Å². The first kappa shape index (κ1) is 24.0. The molecule has 32 heavy (non-hydrogen) atoms. The van der Waals surface area contributed by atoms with Gasteiger partial charge >= 0.3 is 17.9 Å². The Morgan fingerprint density at radius 2 is 1.69 bits per heavy atom. The van der Waals surface area contributed by atoms with E-state index in [1.807, 2.05) is 13.0 Å². The lowest BCUT2D eigenvalue weighted by molar-refractivity contribution is -0.156. The van der Waals surface area contributed by atoms with Crippen molar-refractivity contribution in [1.82, 2.24) is 0 Å². The fourth-order valence-corrected chi connectivity index (χ4v) is 4.93. The highest BCUT2D eigenvalue weighted by atomic mass is 16.6. The smallest absolute Gasteiger partial charge is 0.334 e. The van der Waals surface area contributed by atoms with Crippen LogP contribution in [0.1, 0.15) is 54.9 Å². The third-order valence-electron chi connectivity index (χ3n) is 6.97. The number of hydrogen-bond donors (Lipinski definition) is 1. The molecule has 0 aromatic heterocycles. The minimum atomic E-state index is -1.37. The third kappa shape index (κ3) is 4.06. The van der Waals surface area contributed by atoms with Crippen molar-refractivity contribution in [2.24, 2.45) is 11.8 Å². The van der Waals surface area contributed by atoms with E-state index in [-0.39, 0.29) is 6.42 Å². The summed E-state index contributed by atoms with van der Waals surface area (Å²) in [5.74, 6) is -2.42. The molecule has 1 heterocycles. The Kier molecular flexibility index (Phi) is 6.52. The number of fused-ring (bicyclic) bond motifs is 3. The Bertz CT molecular complexity index is 963. The van der Waals surface area contributed by atoms with Gasteiger partial charge in [0.1, 0.15) is 18.3 Å². The van der Waals surface area contributed by atoms with Crippen LogP contribution in [-0.2, 0) is 28.6 Å². The van der Waals surface area contributed by atoms with E-state index in [0.29, 0.717) is 22.3 Å². The van der Waals surface area contributed by atoms with Crippen LogP contribution in [-0.4, -0.2) is 46.9 Å². The predicted octanol–water partition coefficient (Wildman–Crippen LogP) is 3.33. The third-order valence-corrected chi connectivity index (χ3v) is 6.97. The maximum atomic E-state index is 12.6. The molecule has 1 fully saturated rings. The molecule has 7 nitrogen and oxygen atoms in total. The van der Waals surface area contributed by atoms with Crippen LogP contribution in [0.15, 0.2) is 46.1 Å². The summed E-state index contributed by atoms with van der Waals surface area (Å²) in [4.78, 5) is 37.6. The van der Waals surface area contributed by atoms with Crippen LogP contribution in [0.4, 0.5) is 0 Å². The molecular weight excluding hydrogens is 412 g/mol. The minimum Gasteiger partial charge on any atom is -0.454 e. The maximum absolute atomic E-state index is 12.6. The standard InChI is InChI=1S/C25H32O7/c1-8-12(3)22(26)30-16-10-14(5)18-20(16)25(7,29)11-17(31-23(27)13(4)9-2)19-15(6)24(28)32-21(18)19/h8-10,16-18,20-21,29H,11H2,1-7H3. The molecule has 0 saturated heterocycles. The Morgan fingerprint density at radius 1 is 1.12 bits per heavy atom. The molecule has 0 radical (unpaired) electrons. The predicted molar refractivity (Wildman–Crippen MR) is 117 cm³/mol. The van der Waals surface area contributed by atoms with E-state index in [2.05, 4.69) is 0 Å². The van der Waals surface area contributed by atoms with Gasteiger partial charge < -0.3 is 19.3 Å². The molecule has 0 aromatic carbocycles. The summed E-state index contributed by atoms with van der Waals surface area (Å²) in [7, 11) is 0. The van der Waals surface area contributed by atoms with Crippen LogP contribution >= 0.6 is 0 Å². The second-order valence-electron chi connectivity index (χ2n) is 9.14. The highest BCUT2D eigenvalue weighted by Crippen LogP contribution is 2.52. The van der Waals surface area contributed by atoms with Gasteiger partial charge in [0.25, 0.3) is 0 Å². The molecule has 6 unspecified atom stereocenters. The monoisotopic (exact) mass is 444 g/mol. The number of ether oxygens (including phenoxy) is 3. The van der Waals surface area contributed by atoms with Crippen molar-refractivity contribution in [3.63, 3.8) is 0 Å². The van der Waals surface area contributed by atoms with Gasteiger partial charge in [0.05, 0.1) is 5.60 Å². The molecule has 6 atom stereocenters. The summed E-state index contributed by atoms with van der Waals surface area (Å²) < 4.78 is 17.3. The molecule has 1 N–H and O–H groups in total. The lowest BCUT2D eigenvalue weighted by atomic mass is 9.76. The van der Waals surface area contributed by atoms with Crippen molar-refractivity contribution in [3.05, 3.63) is 46.1 Å². The summed E-state index contributed by atoms with van der Waals surface area (Å²) in [6, 6.07) is 0. The van der Waals surface area contributed by atoms with E-state index < -0.39 is 53.7 Å². The van der Waals surface area contributed by atoms with E-state index in [1.54, 1.807) is 53.7 Å². The summed E-state index contributed by atoms with van der Waals surface area (Å²) in [5.41, 5.74) is 1.34. The van der Waals surface area contributed by atoms with Crippen LogP contribution in [0.3, 0.4) is 0 Å². The number of hydrogen-bond acceptors (Lipinski definition) is 7. The number of carbonyl (C=O) groups is 3. The fraction of sp³-hybridized carbons (Fsp3) is 0.560. The van der Waals surface area contributed by atoms with E-state index in [4.69, 9.17) is 14.2 Å². The van der Waals surface area contributed by atoms with Crippen molar-refractivity contribution in [2.45, 2.75) is 78.8 Å². The molecule has 0 aromatic rings. The van der Waals surface area contributed by atoms with Crippen LogP contribution in [0, 0.1) is 11.8 Å². The fourth-order valence-electron chi connectivity index (χ4n) is 4.93. The van der Waals surface area contributed by atoms with Crippen molar-refractivity contribution in [2.75, 3.05) is 0 Å². The highest BCUT2D eigenvalue weighted by molar-refractivity contribution is 5.93. The first-order chi connectivity index (χ1) is 14.9. The van der Waals surface area contributed by atoms with E-state index >= 15 is 0 Å². The van der Waals surface area contributed by atoms with Gasteiger partial charge in [-0.3, -0.25) is 0 Å². The number of allylic oxidation sites excluding steroid dienone is 2.